The Morgan fingerprint density at radius 1 is 1.12 bits per heavy atom. The molecule has 1 aromatic carbocycles. The summed E-state index contributed by atoms with van der Waals surface area (Å²) in [4.78, 5) is 27.4. The smallest absolute Gasteiger partial charge is 0.405 e. The maximum Gasteiger partial charge on any atom is 0.405 e. The Kier molecular flexibility index (Phi) is 5.23. The van der Waals surface area contributed by atoms with Crippen molar-refractivity contribution >= 4 is 17.9 Å². The van der Waals surface area contributed by atoms with Gasteiger partial charge in [0.1, 0.15) is 11.7 Å². The van der Waals surface area contributed by atoms with Crippen LogP contribution >= 0.6 is 0 Å². The fourth-order valence-corrected chi connectivity index (χ4v) is 2.41. The molecule has 3 N–H and O–H groups in total. The number of nitrogens with zero attached hydrogens (tertiary/aromatic N) is 2. The number of carbonyl (C=O) groups excluding carboxylic acids is 1. The Balaban J connectivity index is 1.71. The average Bonchev–Trinajstić information content (AvgIpc) is 3.11. The van der Waals surface area contributed by atoms with Crippen molar-refractivity contribution in [2.45, 2.75) is 12.5 Å². The van der Waals surface area contributed by atoms with Crippen LogP contribution in [0.15, 0.2) is 65.4 Å². The Hall–Kier alpha value is -3.68. The molecule has 0 bridgehead atoms. The molecule has 0 radical (unpaired) electrons. The van der Waals surface area contributed by atoms with Gasteiger partial charge >= 0.3 is 6.09 Å². The lowest BCUT2D eigenvalue weighted by atomic mass is 10.1. The maximum atomic E-state index is 12.5. The fourth-order valence-electron chi connectivity index (χ4n) is 2.41. The van der Waals surface area contributed by atoms with Gasteiger partial charge in [0.25, 0.3) is 0 Å². The SMILES string of the molecule is O=C(O)NC(Cc1ccccc1)C(=O)Nc1cc(-c2ccncc2)no1. The van der Waals surface area contributed by atoms with E-state index < -0.39 is 18.0 Å². The number of carbonyl (C=O) groups is 2. The molecule has 2 aromatic heterocycles. The van der Waals surface area contributed by atoms with Crippen LogP contribution in [0.4, 0.5) is 10.7 Å². The van der Waals surface area contributed by atoms with Crippen molar-refractivity contribution in [3.8, 4) is 11.3 Å². The predicted octanol–water partition coefficient (Wildman–Crippen LogP) is 2.55. The summed E-state index contributed by atoms with van der Waals surface area (Å²) in [5.74, 6) is -0.402. The van der Waals surface area contributed by atoms with Crippen molar-refractivity contribution in [3.63, 3.8) is 0 Å². The lowest BCUT2D eigenvalue weighted by molar-refractivity contribution is -0.118. The molecule has 8 nitrogen and oxygen atoms in total. The molecule has 1 unspecified atom stereocenters. The van der Waals surface area contributed by atoms with E-state index in [0.717, 1.165) is 11.1 Å². The molecule has 3 rings (SSSR count). The summed E-state index contributed by atoms with van der Waals surface area (Å²) in [6, 6.07) is 13.2. The minimum atomic E-state index is -1.28. The molecule has 3 aromatic rings. The van der Waals surface area contributed by atoms with Crippen molar-refractivity contribution in [1.82, 2.24) is 15.5 Å². The Labute approximate surface area is 148 Å². The van der Waals surface area contributed by atoms with E-state index >= 15 is 0 Å². The molecule has 0 spiro atoms. The van der Waals surface area contributed by atoms with E-state index in [4.69, 9.17) is 9.63 Å². The minimum Gasteiger partial charge on any atom is -0.465 e. The number of aromatic nitrogens is 2. The maximum absolute atomic E-state index is 12.5. The molecule has 0 aliphatic heterocycles. The highest BCUT2D eigenvalue weighted by molar-refractivity contribution is 5.96. The standard InChI is InChI=1S/C18H16N4O4/c23-17(15(20-18(24)25)10-12-4-2-1-3-5-12)21-16-11-14(22-26-16)13-6-8-19-9-7-13/h1-9,11,15,20H,10H2,(H,21,23)(H,24,25). The highest BCUT2D eigenvalue weighted by atomic mass is 16.5. The monoisotopic (exact) mass is 352 g/mol. The van der Waals surface area contributed by atoms with E-state index in [-0.39, 0.29) is 12.3 Å². The molecular formula is C18H16N4O4. The van der Waals surface area contributed by atoms with Gasteiger partial charge in [-0.15, -0.1) is 0 Å². The van der Waals surface area contributed by atoms with Crippen LogP contribution in [-0.2, 0) is 11.2 Å². The summed E-state index contributed by atoms with van der Waals surface area (Å²) in [7, 11) is 0. The van der Waals surface area contributed by atoms with Crippen LogP contribution in [0.5, 0.6) is 0 Å². The largest absolute Gasteiger partial charge is 0.465 e. The number of hydrogen-bond acceptors (Lipinski definition) is 5. The second-order valence-corrected chi connectivity index (χ2v) is 5.49. The Morgan fingerprint density at radius 3 is 2.54 bits per heavy atom. The van der Waals surface area contributed by atoms with Crippen molar-refractivity contribution < 1.29 is 19.2 Å². The predicted molar refractivity (Wildman–Crippen MR) is 93.5 cm³/mol. The van der Waals surface area contributed by atoms with E-state index in [9.17, 15) is 9.59 Å². The van der Waals surface area contributed by atoms with Gasteiger partial charge in [0.2, 0.25) is 11.8 Å². The number of anilines is 1. The van der Waals surface area contributed by atoms with Crippen LogP contribution in [0.25, 0.3) is 11.3 Å². The quantitative estimate of drug-likeness (QED) is 0.627. The van der Waals surface area contributed by atoms with Gasteiger partial charge in [-0.05, 0) is 17.7 Å². The van der Waals surface area contributed by atoms with Gasteiger partial charge in [0, 0.05) is 30.4 Å². The second kappa shape index (κ2) is 7.93. The third kappa shape index (κ3) is 4.44. The van der Waals surface area contributed by atoms with Crippen molar-refractivity contribution in [3.05, 3.63) is 66.5 Å². The second-order valence-electron chi connectivity index (χ2n) is 5.49. The zero-order valence-electron chi connectivity index (χ0n) is 13.6. The zero-order valence-corrected chi connectivity index (χ0v) is 13.6. The van der Waals surface area contributed by atoms with Crippen molar-refractivity contribution in [2.75, 3.05) is 5.32 Å². The molecule has 8 heteroatoms. The molecule has 1 atom stereocenters. The molecule has 0 aliphatic rings. The summed E-state index contributed by atoms with van der Waals surface area (Å²) in [6.07, 6.45) is 2.17. The summed E-state index contributed by atoms with van der Waals surface area (Å²) in [5.41, 5.74) is 2.15. The molecule has 2 amide bonds. The summed E-state index contributed by atoms with van der Waals surface area (Å²) in [6.45, 7) is 0. The van der Waals surface area contributed by atoms with Gasteiger partial charge in [0.05, 0.1) is 0 Å². The first-order valence-corrected chi connectivity index (χ1v) is 7.83. The van der Waals surface area contributed by atoms with Gasteiger partial charge in [-0.1, -0.05) is 35.5 Å². The van der Waals surface area contributed by atoms with Crippen molar-refractivity contribution in [2.24, 2.45) is 0 Å². The molecule has 0 saturated carbocycles. The van der Waals surface area contributed by atoms with E-state index in [0.29, 0.717) is 5.69 Å². The number of rotatable bonds is 6. The van der Waals surface area contributed by atoms with Crippen LogP contribution < -0.4 is 10.6 Å². The molecule has 2 heterocycles. The van der Waals surface area contributed by atoms with Gasteiger partial charge in [-0.25, -0.2) is 4.79 Å². The van der Waals surface area contributed by atoms with Crippen LogP contribution in [-0.4, -0.2) is 33.3 Å². The number of pyridine rings is 1. The molecule has 0 fully saturated rings. The highest BCUT2D eigenvalue weighted by Crippen LogP contribution is 2.21. The number of hydrogen-bond donors (Lipinski definition) is 3. The Morgan fingerprint density at radius 2 is 1.85 bits per heavy atom. The first-order chi connectivity index (χ1) is 12.6. The van der Waals surface area contributed by atoms with Crippen molar-refractivity contribution in [1.29, 1.82) is 0 Å². The van der Waals surface area contributed by atoms with Crippen LogP contribution in [0.2, 0.25) is 0 Å². The molecule has 26 heavy (non-hydrogen) atoms. The van der Waals surface area contributed by atoms with E-state index in [1.807, 2.05) is 30.3 Å². The fraction of sp³-hybridized carbons (Fsp3) is 0.111. The summed E-state index contributed by atoms with van der Waals surface area (Å²) >= 11 is 0. The topological polar surface area (TPSA) is 117 Å². The summed E-state index contributed by atoms with van der Waals surface area (Å²) in [5, 5.41) is 17.7. The van der Waals surface area contributed by atoms with E-state index in [1.54, 1.807) is 30.6 Å². The van der Waals surface area contributed by atoms with E-state index in [1.165, 1.54) is 0 Å². The average molecular weight is 352 g/mol. The lowest BCUT2D eigenvalue weighted by Gasteiger charge is -2.15. The van der Waals surface area contributed by atoms with Crippen LogP contribution in [0.3, 0.4) is 0 Å². The molecule has 0 aliphatic carbocycles. The Bertz CT molecular complexity index is 880. The van der Waals surface area contributed by atoms with Gasteiger partial charge in [-0.3, -0.25) is 15.1 Å². The van der Waals surface area contributed by atoms with E-state index in [2.05, 4.69) is 20.8 Å². The number of nitrogens with one attached hydrogen (secondary N) is 2. The first kappa shape index (κ1) is 17.2. The van der Waals surface area contributed by atoms with Gasteiger partial charge in [0.15, 0.2) is 0 Å². The van der Waals surface area contributed by atoms with Crippen LogP contribution in [0.1, 0.15) is 5.56 Å². The zero-order chi connectivity index (χ0) is 18.4. The van der Waals surface area contributed by atoms with Gasteiger partial charge in [-0.2, -0.15) is 0 Å². The molecule has 0 saturated heterocycles. The molecular weight excluding hydrogens is 336 g/mol. The third-order valence-electron chi connectivity index (χ3n) is 3.63. The third-order valence-corrected chi connectivity index (χ3v) is 3.63. The number of amides is 2. The lowest BCUT2D eigenvalue weighted by Crippen LogP contribution is -2.44. The highest BCUT2D eigenvalue weighted by Gasteiger charge is 2.22. The number of benzene rings is 1. The summed E-state index contributed by atoms with van der Waals surface area (Å²) < 4.78 is 5.12. The molecule has 132 valence electrons. The minimum absolute atomic E-state index is 0.132. The first-order valence-electron chi connectivity index (χ1n) is 7.83. The number of carboxylic acid groups (broad SMARTS) is 1. The normalized spacial score (nSPS) is 11.5. The van der Waals surface area contributed by atoms with Gasteiger partial charge < -0.3 is 14.9 Å². The van der Waals surface area contributed by atoms with Crippen LogP contribution in [0, 0.1) is 0 Å².